The van der Waals surface area contributed by atoms with Crippen LogP contribution in [0.3, 0.4) is 0 Å². The lowest BCUT2D eigenvalue weighted by atomic mass is 9.88. The molecule has 7 heteroatoms. The molecule has 176 valence electrons. The molecule has 2 N–H and O–H groups in total. The molecule has 2 aromatic rings. The van der Waals surface area contributed by atoms with Gasteiger partial charge in [-0.1, -0.05) is 36.2 Å². The minimum absolute atomic E-state index is 0.0165. The van der Waals surface area contributed by atoms with Crippen molar-refractivity contribution in [2.75, 3.05) is 13.1 Å². The number of likely N-dealkylation sites (tertiary alicyclic amines) is 1. The number of hydrogen-bond donors (Lipinski definition) is 2. The molecule has 0 radical (unpaired) electrons. The lowest BCUT2D eigenvalue weighted by Gasteiger charge is -2.36. The van der Waals surface area contributed by atoms with Crippen molar-refractivity contribution in [3.63, 3.8) is 0 Å². The Morgan fingerprint density at radius 1 is 0.970 bits per heavy atom. The van der Waals surface area contributed by atoms with Gasteiger partial charge in [-0.3, -0.25) is 14.4 Å². The summed E-state index contributed by atoms with van der Waals surface area (Å²) in [5.74, 6) is -0.543. The molecule has 1 fully saturated rings. The highest BCUT2D eigenvalue weighted by atomic mass is 35.5. The van der Waals surface area contributed by atoms with Crippen LogP contribution in [0.2, 0.25) is 5.02 Å². The SMILES string of the molecule is CC[C@@H](C)NC(=O)[C@@H](NC(=O)c1ccc(C)cc1)C1CCN(C(=O)c2ccc(Cl)cc2)CC1. The van der Waals surface area contributed by atoms with E-state index >= 15 is 0 Å². The first-order chi connectivity index (χ1) is 15.8. The fraction of sp³-hybridized carbons (Fsp3) is 0.423. The van der Waals surface area contributed by atoms with Crippen molar-refractivity contribution in [1.82, 2.24) is 15.5 Å². The van der Waals surface area contributed by atoms with Crippen molar-refractivity contribution in [1.29, 1.82) is 0 Å². The van der Waals surface area contributed by atoms with E-state index in [9.17, 15) is 14.4 Å². The first-order valence-electron chi connectivity index (χ1n) is 11.5. The van der Waals surface area contributed by atoms with Gasteiger partial charge >= 0.3 is 0 Å². The summed E-state index contributed by atoms with van der Waals surface area (Å²) in [6.07, 6.45) is 2.07. The zero-order chi connectivity index (χ0) is 24.0. The van der Waals surface area contributed by atoms with E-state index in [4.69, 9.17) is 11.6 Å². The van der Waals surface area contributed by atoms with Crippen LogP contribution >= 0.6 is 11.6 Å². The molecular formula is C26H32ClN3O3. The van der Waals surface area contributed by atoms with Gasteiger partial charge in [-0.25, -0.2) is 0 Å². The van der Waals surface area contributed by atoms with Crippen LogP contribution in [0, 0.1) is 12.8 Å². The number of nitrogens with one attached hydrogen (secondary N) is 2. The van der Waals surface area contributed by atoms with Gasteiger partial charge in [0.1, 0.15) is 6.04 Å². The van der Waals surface area contributed by atoms with E-state index in [1.165, 1.54) is 0 Å². The van der Waals surface area contributed by atoms with Crippen LogP contribution in [-0.4, -0.2) is 47.8 Å². The molecule has 3 amide bonds. The highest BCUT2D eigenvalue weighted by Gasteiger charge is 2.34. The average molecular weight is 470 g/mol. The quantitative estimate of drug-likeness (QED) is 0.637. The maximum atomic E-state index is 13.1. The van der Waals surface area contributed by atoms with Crippen LogP contribution in [0.5, 0.6) is 0 Å². The maximum Gasteiger partial charge on any atom is 0.253 e. The molecule has 0 spiro atoms. The lowest BCUT2D eigenvalue weighted by molar-refractivity contribution is -0.125. The van der Waals surface area contributed by atoms with Gasteiger partial charge in [0.05, 0.1) is 0 Å². The molecule has 6 nitrogen and oxygen atoms in total. The molecule has 1 aliphatic heterocycles. The Labute approximate surface area is 200 Å². The second-order valence-corrected chi connectivity index (χ2v) is 9.21. The second kappa shape index (κ2) is 11.3. The fourth-order valence-electron chi connectivity index (χ4n) is 3.97. The largest absolute Gasteiger partial charge is 0.352 e. The number of aryl methyl sites for hydroxylation is 1. The normalized spacial score (nSPS) is 16.1. The molecule has 1 aliphatic rings. The van der Waals surface area contributed by atoms with Gasteiger partial charge < -0.3 is 15.5 Å². The second-order valence-electron chi connectivity index (χ2n) is 8.77. The summed E-state index contributed by atoms with van der Waals surface area (Å²) in [6.45, 7) is 6.97. The number of piperidine rings is 1. The van der Waals surface area contributed by atoms with Gasteiger partial charge in [0, 0.05) is 35.3 Å². The number of carbonyl (C=O) groups excluding carboxylic acids is 3. The third kappa shape index (κ3) is 6.57. The highest BCUT2D eigenvalue weighted by molar-refractivity contribution is 6.30. The van der Waals surface area contributed by atoms with Crippen LogP contribution in [-0.2, 0) is 4.79 Å². The van der Waals surface area contributed by atoms with Gasteiger partial charge in [0.25, 0.3) is 11.8 Å². The Bertz CT molecular complexity index is 967. The summed E-state index contributed by atoms with van der Waals surface area (Å²) in [4.78, 5) is 40.6. The summed E-state index contributed by atoms with van der Waals surface area (Å²) in [5.41, 5.74) is 2.18. The number of halogens is 1. The first kappa shape index (κ1) is 24.8. The fourth-order valence-corrected chi connectivity index (χ4v) is 4.10. The van der Waals surface area contributed by atoms with Crippen LogP contribution in [0.15, 0.2) is 48.5 Å². The van der Waals surface area contributed by atoms with Gasteiger partial charge in [-0.15, -0.1) is 0 Å². The molecule has 0 unspecified atom stereocenters. The lowest BCUT2D eigenvalue weighted by Crippen LogP contribution is -2.55. The molecule has 0 aromatic heterocycles. The Balaban J connectivity index is 1.69. The number of carbonyl (C=O) groups is 3. The number of rotatable bonds is 7. The van der Waals surface area contributed by atoms with Crippen molar-refractivity contribution >= 4 is 29.3 Å². The number of nitrogens with zero attached hydrogens (tertiary/aromatic N) is 1. The van der Waals surface area contributed by atoms with E-state index < -0.39 is 6.04 Å². The monoisotopic (exact) mass is 469 g/mol. The van der Waals surface area contributed by atoms with Gasteiger partial charge in [-0.05, 0) is 75.4 Å². The third-order valence-electron chi connectivity index (χ3n) is 6.27. The standard InChI is InChI=1S/C26H32ClN3O3/c1-4-18(3)28-25(32)23(29-24(31)20-7-5-17(2)6-8-20)19-13-15-30(16-14-19)26(33)21-9-11-22(27)12-10-21/h5-12,18-19,23H,4,13-16H2,1-3H3,(H,28,32)(H,29,31)/t18-,23+/m1/s1. The van der Waals surface area contributed by atoms with Gasteiger partial charge in [0.2, 0.25) is 5.91 Å². The van der Waals surface area contributed by atoms with Crippen LogP contribution in [0.4, 0.5) is 0 Å². The minimum atomic E-state index is -0.652. The van der Waals surface area contributed by atoms with E-state index in [1.54, 1.807) is 41.3 Å². The molecule has 1 heterocycles. The molecule has 33 heavy (non-hydrogen) atoms. The summed E-state index contributed by atoms with van der Waals surface area (Å²) in [5, 5.41) is 6.56. The molecule has 0 bridgehead atoms. The zero-order valence-corrected chi connectivity index (χ0v) is 20.2. The maximum absolute atomic E-state index is 13.1. The van der Waals surface area contributed by atoms with Crippen molar-refractivity contribution < 1.29 is 14.4 Å². The predicted octanol–water partition coefficient (Wildman–Crippen LogP) is 4.21. The Morgan fingerprint density at radius 2 is 1.55 bits per heavy atom. The molecule has 2 aromatic carbocycles. The summed E-state index contributed by atoms with van der Waals surface area (Å²) < 4.78 is 0. The van der Waals surface area contributed by atoms with Crippen molar-refractivity contribution in [3.8, 4) is 0 Å². The van der Waals surface area contributed by atoms with Crippen molar-refractivity contribution in [2.45, 2.75) is 52.1 Å². The molecule has 2 atom stereocenters. The van der Waals surface area contributed by atoms with E-state index in [1.807, 2.05) is 32.9 Å². The van der Waals surface area contributed by atoms with E-state index in [0.29, 0.717) is 42.1 Å². The Hall–Kier alpha value is -2.86. The molecule has 0 aliphatic carbocycles. The van der Waals surface area contributed by atoms with Crippen molar-refractivity contribution in [2.24, 2.45) is 5.92 Å². The summed E-state index contributed by atoms with van der Waals surface area (Å²) in [7, 11) is 0. The van der Waals surface area contributed by atoms with E-state index in [2.05, 4.69) is 10.6 Å². The van der Waals surface area contributed by atoms with E-state index in [0.717, 1.165) is 12.0 Å². The Kier molecular flexibility index (Phi) is 8.50. The smallest absolute Gasteiger partial charge is 0.253 e. The summed E-state index contributed by atoms with van der Waals surface area (Å²) >= 11 is 5.93. The van der Waals surface area contributed by atoms with Crippen molar-refractivity contribution in [3.05, 3.63) is 70.2 Å². The van der Waals surface area contributed by atoms with Gasteiger partial charge in [-0.2, -0.15) is 0 Å². The van der Waals surface area contributed by atoms with Crippen LogP contribution in [0.1, 0.15) is 59.4 Å². The molecule has 0 saturated carbocycles. The zero-order valence-electron chi connectivity index (χ0n) is 19.4. The average Bonchev–Trinajstić information content (AvgIpc) is 2.82. The topological polar surface area (TPSA) is 78.5 Å². The summed E-state index contributed by atoms with van der Waals surface area (Å²) in [6, 6.07) is 13.5. The third-order valence-corrected chi connectivity index (χ3v) is 6.53. The number of benzene rings is 2. The van der Waals surface area contributed by atoms with E-state index in [-0.39, 0.29) is 29.7 Å². The molecule has 1 saturated heterocycles. The number of amides is 3. The van der Waals surface area contributed by atoms with Gasteiger partial charge in [0.15, 0.2) is 0 Å². The molecule has 3 rings (SSSR count). The van der Waals surface area contributed by atoms with Crippen LogP contribution in [0.25, 0.3) is 0 Å². The minimum Gasteiger partial charge on any atom is -0.352 e. The number of hydrogen-bond acceptors (Lipinski definition) is 3. The Morgan fingerprint density at radius 3 is 2.12 bits per heavy atom. The molecular weight excluding hydrogens is 438 g/mol. The predicted molar refractivity (Wildman–Crippen MR) is 130 cm³/mol. The first-order valence-corrected chi connectivity index (χ1v) is 11.9. The highest BCUT2D eigenvalue weighted by Crippen LogP contribution is 2.23. The van der Waals surface area contributed by atoms with Crippen LogP contribution < -0.4 is 10.6 Å².